The Morgan fingerprint density at radius 2 is 1.95 bits per heavy atom. The van der Waals surface area contributed by atoms with Crippen LogP contribution in [0.25, 0.3) is 16.7 Å². The first-order chi connectivity index (χ1) is 10.8. The first-order valence-electron chi connectivity index (χ1n) is 8.18. The fourth-order valence-corrected chi connectivity index (χ4v) is 3.38. The maximum absolute atomic E-state index is 4.81. The number of aryl methyl sites for hydroxylation is 1. The highest BCUT2D eigenvalue weighted by Crippen LogP contribution is 2.25. The smallest absolute Gasteiger partial charge is 0.203 e. The highest BCUT2D eigenvalue weighted by Gasteiger charge is 2.16. The molecule has 1 saturated carbocycles. The van der Waals surface area contributed by atoms with Gasteiger partial charge in [0.1, 0.15) is 6.33 Å². The maximum Gasteiger partial charge on any atom is 0.203 e. The molecule has 2 heterocycles. The Morgan fingerprint density at radius 1 is 1.14 bits per heavy atom. The molecule has 22 heavy (non-hydrogen) atoms. The van der Waals surface area contributed by atoms with E-state index >= 15 is 0 Å². The van der Waals surface area contributed by atoms with E-state index in [2.05, 4.69) is 40.6 Å². The SMILES string of the molecule is Cc1ccc2nc(NC3CCCCCC3)c3nncn3c2c1. The lowest BCUT2D eigenvalue weighted by Gasteiger charge is -2.17. The van der Waals surface area contributed by atoms with Crippen molar-refractivity contribution in [1.82, 2.24) is 19.6 Å². The summed E-state index contributed by atoms with van der Waals surface area (Å²) in [4.78, 5) is 4.81. The van der Waals surface area contributed by atoms with E-state index in [0.717, 1.165) is 22.5 Å². The van der Waals surface area contributed by atoms with Gasteiger partial charge in [-0.1, -0.05) is 31.7 Å². The summed E-state index contributed by atoms with van der Waals surface area (Å²) in [6.45, 7) is 2.09. The number of aromatic nitrogens is 4. The molecule has 0 amide bonds. The van der Waals surface area contributed by atoms with Crippen LogP contribution < -0.4 is 5.32 Å². The van der Waals surface area contributed by atoms with Gasteiger partial charge in [-0.3, -0.25) is 4.40 Å². The van der Waals surface area contributed by atoms with Crippen LogP contribution in [0.3, 0.4) is 0 Å². The van der Waals surface area contributed by atoms with Crippen molar-refractivity contribution in [1.29, 1.82) is 0 Å². The monoisotopic (exact) mass is 295 g/mol. The first-order valence-corrected chi connectivity index (χ1v) is 8.18. The topological polar surface area (TPSA) is 55.1 Å². The molecular formula is C17H21N5. The van der Waals surface area contributed by atoms with E-state index in [9.17, 15) is 0 Å². The van der Waals surface area contributed by atoms with Gasteiger partial charge in [-0.15, -0.1) is 10.2 Å². The molecule has 4 rings (SSSR count). The van der Waals surface area contributed by atoms with Crippen molar-refractivity contribution >= 4 is 22.5 Å². The lowest BCUT2D eigenvalue weighted by molar-refractivity contribution is 0.618. The summed E-state index contributed by atoms with van der Waals surface area (Å²) in [6, 6.07) is 6.80. The van der Waals surface area contributed by atoms with Gasteiger partial charge in [-0.05, 0) is 37.5 Å². The second kappa shape index (κ2) is 5.55. The molecule has 1 aliphatic carbocycles. The summed E-state index contributed by atoms with van der Waals surface area (Å²) < 4.78 is 2.04. The third kappa shape index (κ3) is 2.40. The lowest BCUT2D eigenvalue weighted by Crippen LogP contribution is -2.19. The van der Waals surface area contributed by atoms with Crippen molar-refractivity contribution < 1.29 is 0 Å². The van der Waals surface area contributed by atoms with Crippen LogP contribution in [-0.2, 0) is 0 Å². The molecule has 2 aromatic heterocycles. The van der Waals surface area contributed by atoms with Gasteiger partial charge in [0.2, 0.25) is 5.65 Å². The quantitative estimate of drug-likeness (QED) is 0.732. The van der Waals surface area contributed by atoms with Gasteiger partial charge < -0.3 is 5.32 Å². The maximum atomic E-state index is 4.81. The summed E-state index contributed by atoms with van der Waals surface area (Å²) in [5, 5.41) is 12.0. The highest BCUT2D eigenvalue weighted by molar-refractivity contribution is 5.83. The summed E-state index contributed by atoms with van der Waals surface area (Å²) in [6.07, 6.45) is 9.51. The second-order valence-corrected chi connectivity index (χ2v) is 6.31. The van der Waals surface area contributed by atoms with Crippen molar-refractivity contribution in [2.75, 3.05) is 5.32 Å². The van der Waals surface area contributed by atoms with Gasteiger partial charge in [0.05, 0.1) is 11.0 Å². The van der Waals surface area contributed by atoms with E-state index in [0.29, 0.717) is 6.04 Å². The molecule has 0 radical (unpaired) electrons. The number of anilines is 1. The third-order valence-electron chi connectivity index (χ3n) is 4.58. The van der Waals surface area contributed by atoms with E-state index in [1.165, 1.54) is 44.1 Å². The average molecular weight is 295 g/mol. The molecule has 1 N–H and O–H groups in total. The zero-order valence-electron chi connectivity index (χ0n) is 12.9. The molecule has 0 spiro atoms. The van der Waals surface area contributed by atoms with Gasteiger partial charge >= 0.3 is 0 Å². The van der Waals surface area contributed by atoms with E-state index in [1.54, 1.807) is 6.33 Å². The first kappa shape index (κ1) is 13.5. The summed E-state index contributed by atoms with van der Waals surface area (Å²) in [7, 11) is 0. The number of nitrogens with zero attached hydrogens (tertiary/aromatic N) is 4. The minimum atomic E-state index is 0.499. The summed E-state index contributed by atoms with van der Waals surface area (Å²) >= 11 is 0. The number of hydrogen-bond donors (Lipinski definition) is 1. The number of fused-ring (bicyclic) bond motifs is 3. The lowest BCUT2D eigenvalue weighted by atomic mass is 10.1. The zero-order valence-corrected chi connectivity index (χ0v) is 12.9. The van der Waals surface area contributed by atoms with Gasteiger partial charge in [0.15, 0.2) is 5.82 Å². The summed E-state index contributed by atoms with van der Waals surface area (Å²) in [5.41, 5.74) is 4.08. The van der Waals surface area contributed by atoms with Gasteiger partial charge in [-0.25, -0.2) is 4.98 Å². The van der Waals surface area contributed by atoms with Crippen LogP contribution in [0.15, 0.2) is 24.5 Å². The molecule has 0 bridgehead atoms. The normalized spacial score (nSPS) is 17.0. The van der Waals surface area contributed by atoms with Crippen molar-refractivity contribution in [2.24, 2.45) is 0 Å². The molecule has 1 aliphatic rings. The fourth-order valence-electron chi connectivity index (χ4n) is 3.38. The average Bonchev–Trinajstić information content (AvgIpc) is 2.88. The molecular weight excluding hydrogens is 274 g/mol. The van der Waals surface area contributed by atoms with Crippen LogP contribution >= 0.6 is 0 Å². The van der Waals surface area contributed by atoms with Crippen LogP contribution in [0, 0.1) is 6.92 Å². The van der Waals surface area contributed by atoms with Crippen molar-refractivity contribution in [3.05, 3.63) is 30.1 Å². The van der Waals surface area contributed by atoms with Crippen LogP contribution in [0.4, 0.5) is 5.82 Å². The molecule has 1 aromatic carbocycles. The van der Waals surface area contributed by atoms with Crippen LogP contribution in [0.5, 0.6) is 0 Å². The molecule has 0 atom stereocenters. The molecule has 5 nitrogen and oxygen atoms in total. The zero-order chi connectivity index (χ0) is 14.9. The van der Waals surface area contributed by atoms with Crippen LogP contribution in [0.2, 0.25) is 0 Å². The minimum absolute atomic E-state index is 0.499. The molecule has 0 aliphatic heterocycles. The van der Waals surface area contributed by atoms with Gasteiger partial charge in [-0.2, -0.15) is 0 Å². The number of hydrogen-bond acceptors (Lipinski definition) is 4. The molecule has 3 aromatic rings. The predicted octanol–water partition coefficient (Wildman–Crippen LogP) is 3.72. The largest absolute Gasteiger partial charge is 0.364 e. The standard InChI is InChI=1S/C17H21N5/c1-12-8-9-14-15(10-12)22-11-18-21-17(22)16(20-14)19-13-6-4-2-3-5-7-13/h8-11,13H,2-7H2,1H3,(H,19,20). The second-order valence-electron chi connectivity index (χ2n) is 6.31. The number of rotatable bonds is 2. The molecule has 0 saturated heterocycles. The van der Waals surface area contributed by atoms with Gasteiger partial charge in [0, 0.05) is 6.04 Å². The van der Waals surface area contributed by atoms with E-state index < -0.39 is 0 Å². The van der Waals surface area contributed by atoms with Crippen molar-refractivity contribution in [2.45, 2.75) is 51.5 Å². The van der Waals surface area contributed by atoms with Gasteiger partial charge in [0.25, 0.3) is 0 Å². The van der Waals surface area contributed by atoms with Crippen LogP contribution in [0.1, 0.15) is 44.1 Å². The fraction of sp³-hybridized carbons (Fsp3) is 0.471. The number of benzene rings is 1. The Labute approximate surface area is 129 Å². The Kier molecular flexibility index (Phi) is 3.41. The Bertz CT molecular complexity index is 799. The van der Waals surface area contributed by atoms with Crippen LogP contribution in [-0.4, -0.2) is 25.6 Å². The summed E-state index contributed by atoms with van der Waals surface area (Å²) in [5.74, 6) is 0.862. The molecule has 1 fully saturated rings. The highest BCUT2D eigenvalue weighted by atomic mass is 15.3. The molecule has 114 valence electrons. The Hall–Kier alpha value is -2.17. The third-order valence-corrected chi connectivity index (χ3v) is 4.58. The van der Waals surface area contributed by atoms with E-state index in [-0.39, 0.29) is 0 Å². The van der Waals surface area contributed by atoms with Crippen molar-refractivity contribution in [3.63, 3.8) is 0 Å². The predicted molar refractivity (Wildman–Crippen MR) is 88.1 cm³/mol. The van der Waals surface area contributed by atoms with E-state index in [1.807, 2.05) is 4.40 Å². The molecule has 0 unspecified atom stereocenters. The number of nitrogens with one attached hydrogen (secondary N) is 1. The molecule has 5 heteroatoms. The Balaban J connectivity index is 1.78. The van der Waals surface area contributed by atoms with Crippen molar-refractivity contribution in [3.8, 4) is 0 Å². The Morgan fingerprint density at radius 3 is 2.77 bits per heavy atom. The van der Waals surface area contributed by atoms with E-state index in [4.69, 9.17) is 4.98 Å². The minimum Gasteiger partial charge on any atom is -0.364 e.